The van der Waals surface area contributed by atoms with Crippen molar-refractivity contribution in [2.75, 3.05) is 0 Å². The van der Waals surface area contributed by atoms with Crippen LogP contribution in [0.2, 0.25) is 0 Å². The second-order valence-electron chi connectivity index (χ2n) is 5.55. The van der Waals surface area contributed by atoms with Crippen LogP contribution in [0.15, 0.2) is 24.3 Å². The Labute approximate surface area is 113 Å². The molecule has 0 amide bonds. The Bertz CT molecular complexity index is 332. The second kappa shape index (κ2) is 8.31. The third kappa shape index (κ3) is 5.68. The van der Waals surface area contributed by atoms with Gasteiger partial charge in [-0.25, -0.2) is 0 Å². The van der Waals surface area contributed by atoms with Crippen LogP contribution in [0, 0.1) is 6.92 Å². The van der Waals surface area contributed by atoms with Gasteiger partial charge in [-0.1, -0.05) is 62.4 Å². The SMILES string of the molecule is CCCCCCC(C)N[C@@H](C)c1cccc(C)c1. The van der Waals surface area contributed by atoms with Gasteiger partial charge in [0.2, 0.25) is 0 Å². The van der Waals surface area contributed by atoms with Gasteiger partial charge in [-0.15, -0.1) is 0 Å². The van der Waals surface area contributed by atoms with Crippen molar-refractivity contribution in [3.8, 4) is 0 Å². The minimum Gasteiger partial charge on any atom is -0.308 e. The first kappa shape index (κ1) is 15.2. The fourth-order valence-electron chi connectivity index (χ4n) is 2.42. The van der Waals surface area contributed by atoms with Gasteiger partial charge in [-0.3, -0.25) is 0 Å². The summed E-state index contributed by atoms with van der Waals surface area (Å²) in [6.07, 6.45) is 6.71. The van der Waals surface area contributed by atoms with Gasteiger partial charge in [0, 0.05) is 12.1 Å². The molecule has 0 aliphatic carbocycles. The number of rotatable bonds is 8. The predicted octanol–water partition coefficient (Wildman–Crippen LogP) is 5.00. The van der Waals surface area contributed by atoms with Crippen molar-refractivity contribution < 1.29 is 0 Å². The van der Waals surface area contributed by atoms with Gasteiger partial charge in [0.25, 0.3) is 0 Å². The maximum atomic E-state index is 3.70. The molecule has 0 bridgehead atoms. The Hall–Kier alpha value is -0.820. The van der Waals surface area contributed by atoms with Crippen LogP contribution in [-0.2, 0) is 0 Å². The molecule has 0 spiro atoms. The largest absolute Gasteiger partial charge is 0.308 e. The normalized spacial score (nSPS) is 14.4. The Balaban J connectivity index is 2.32. The molecule has 1 aromatic carbocycles. The fraction of sp³-hybridized carbons (Fsp3) is 0.647. The van der Waals surface area contributed by atoms with Crippen LogP contribution in [0.1, 0.15) is 70.0 Å². The molecule has 1 heteroatoms. The monoisotopic (exact) mass is 247 g/mol. The smallest absolute Gasteiger partial charge is 0.0294 e. The van der Waals surface area contributed by atoms with Gasteiger partial charge in [-0.05, 0) is 32.8 Å². The van der Waals surface area contributed by atoms with Crippen molar-refractivity contribution in [2.24, 2.45) is 0 Å². The fourth-order valence-corrected chi connectivity index (χ4v) is 2.42. The van der Waals surface area contributed by atoms with Crippen molar-refractivity contribution in [1.29, 1.82) is 0 Å². The number of unbranched alkanes of at least 4 members (excludes halogenated alkanes) is 3. The van der Waals surface area contributed by atoms with E-state index in [4.69, 9.17) is 0 Å². The van der Waals surface area contributed by atoms with Crippen LogP contribution in [-0.4, -0.2) is 6.04 Å². The molecule has 0 aliphatic heterocycles. The molecule has 1 rings (SSSR count). The lowest BCUT2D eigenvalue weighted by Crippen LogP contribution is -2.28. The van der Waals surface area contributed by atoms with Gasteiger partial charge in [0.05, 0.1) is 0 Å². The van der Waals surface area contributed by atoms with E-state index in [-0.39, 0.29) is 0 Å². The van der Waals surface area contributed by atoms with Gasteiger partial charge < -0.3 is 5.32 Å². The minimum atomic E-state index is 0.450. The predicted molar refractivity (Wildman–Crippen MR) is 81.0 cm³/mol. The summed E-state index contributed by atoms with van der Waals surface area (Å²) in [5, 5.41) is 3.70. The quantitative estimate of drug-likeness (QED) is 0.637. The Morgan fingerprint density at radius 2 is 1.89 bits per heavy atom. The average molecular weight is 247 g/mol. The molecular formula is C17H29N. The third-order valence-electron chi connectivity index (χ3n) is 3.57. The molecule has 0 radical (unpaired) electrons. The van der Waals surface area contributed by atoms with Crippen molar-refractivity contribution in [3.63, 3.8) is 0 Å². The lowest BCUT2D eigenvalue weighted by Gasteiger charge is -2.20. The Kier molecular flexibility index (Phi) is 7.04. The molecular weight excluding hydrogens is 218 g/mol. The molecule has 18 heavy (non-hydrogen) atoms. The van der Waals surface area contributed by atoms with Crippen LogP contribution in [0.3, 0.4) is 0 Å². The van der Waals surface area contributed by atoms with Crippen LogP contribution < -0.4 is 5.32 Å². The van der Waals surface area contributed by atoms with E-state index in [1.165, 1.54) is 43.2 Å². The van der Waals surface area contributed by atoms with E-state index in [0.29, 0.717) is 12.1 Å². The number of aryl methyl sites for hydroxylation is 1. The highest BCUT2D eigenvalue weighted by molar-refractivity contribution is 5.24. The number of hydrogen-bond donors (Lipinski definition) is 1. The van der Waals surface area contributed by atoms with E-state index < -0.39 is 0 Å². The topological polar surface area (TPSA) is 12.0 Å². The lowest BCUT2D eigenvalue weighted by molar-refractivity contribution is 0.438. The van der Waals surface area contributed by atoms with Crippen molar-refractivity contribution in [2.45, 2.75) is 71.9 Å². The van der Waals surface area contributed by atoms with E-state index in [0.717, 1.165) is 0 Å². The van der Waals surface area contributed by atoms with Crippen LogP contribution >= 0.6 is 0 Å². The Morgan fingerprint density at radius 3 is 2.56 bits per heavy atom. The van der Waals surface area contributed by atoms with E-state index in [1.807, 2.05) is 0 Å². The molecule has 102 valence electrons. The van der Waals surface area contributed by atoms with Gasteiger partial charge >= 0.3 is 0 Å². The third-order valence-corrected chi connectivity index (χ3v) is 3.57. The first-order chi connectivity index (χ1) is 8.63. The maximum Gasteiger partial charge on any atom is 0.0294 e. The van der Waals surface area contributed by atoms with Gasteiger partial charge in [0.1, 0.15) is 0 Å². The highest BCUT2D eigenvalue weighted by Crippen LogP contribution is 2.15. The van der Waals surface area contributed by atoms with Crippen molar-refractivity contribution in [3.05, 3.63) is 35.4 Å². The molecule has 1 N–H and O–H groups in total. The average Bonchev–Trinajstić information content (AvgIpc) is 2.34. The molecule has 2 atom stereocenters. The molecule has 1 aromatic rings. The summed E-state index contributed by atoms with van der Waals surface area (Å²) in [6.45, 7) is 8.99. The second-order valence-corrected chi connectivity index (χ2v) is 5.55. The molecule has 1 nitrogen and oxygen atoms in total. The number of benzene rings is 1. The van der Waals surface area contributed by atoms with E-state index >= 15 is 0 Å². The molecule has 1 unspecified atom stereocenters. The summed E-state index contributed by atoms with van der Waals surface area (Å²) in [6, 6.07) is 9.86. The highest BCUT2D eigenvalue weighted by Gasteiger charge is 2.09. The van der Waals surface area contributed by atoms with E-state index in [2.05, 4.69) is 57.3 Å². The molecule has 0 heterocycles. The van der Waals surface area contributed by atoms with Crippen LogP contribution in [0.5, 0.6) is 0 Å². The van der Waals surface area contributed by atoms with E-state index in [1.54, 1.807) is 0 Å². The first-order valence-electron chi connectivity index (χ1n) is 7.46. The van der Waals surface area contributed by atoms with Gasteiger partial charge in [0.15, 0.2) is 0 Å². The summed E-state index contributed by atoms with van der Waals surface area (Å²) >= 11 is 0. The molecule has 0 aromatic heterocycles. The summed E-state index contributed by atoms with van der Waals surface area (Å²) in [5.41, 5.74) is 2.74. The zero-order valence-corrected chi connectivity index (χ0v) is 12.5. The van der Waals surface area contributed by atoms with Gasteiger partial charge in [-0.2, -0.15) is 0 Å². The van der Waals surface area contributed by atoms with Crippen LogP contribution in [0.4, 0.5) is 0 Å². The van der Waals surface area contributed by atoms with Crippen molar-refractivity contribution in [1.82, 2.24) is 5.32 Å². The molecule has 0 aliphatic rings. The number of hydrogen-bond acceptors (Lipinski definition) is 1. The summed E-state index contributed by atoms with van der Waals surface area (Å²) in [5.74, 6) is 0. The maximum absolute atomic E-state index is 3.70. The lowest BCUT2D eigenvalue weighted by atomic mass is 10.0. The minimum absolute atomic E-state index is 0.450. The van der Waals surface area contributed by atoms with Crippen LogP contribution in [0.25, 0.3) is 0 Å². The zero-order chi connectivity index (χ0) is 13.4. The van der Waals surface area contributed by atoms with E-state index in [9.17, 15) is 0 Å². The molecule has 0 saturated carbocycles. The first-order valence-corrected chi connectivity index (χ1v) is 7.46. The summed E-state index contributed by atoms with van der Waals surface area (Å²) < 4.78 is 0. The summed E-state index contributed by atoms with van der Waals surface area (Å²) in [7, 11) is 0. The number of nitrogens with one attached hydrogen (secondary N) is 1. The molecule has 0 saturated heterocycles. The van der Waals surface area contributed by atoms with Crippen molar-refractivity contribution >= 4 is 0 Å². The Morgan fingerprint density at radius 1 is 1.11 bits per heavy atom. The molecule has 0 fully saturated rings. The summed E-state index contributed by atoms with van der Waals surface area (Å²) in [4.78, 5) is 0. The highest BCUT2D eigenvalue weighted by atomic mass is 14.9. The zero-order valence-electron chi connectivity index (χ0n) is 12.5. The standard InChI is InChI=1S/C17H29N/c1-5-6-7-8-11-15(3)18-16(4)17-12-9-10-14(2)13-17/h9-10,12-13,15-16,18H,5-8,11H2,1-4H3/t15?,16-/m0/s1.